The number of rotatable bonds is 6. The molecular weight excluding hydrogens is 292 g/mol. The number of anilines is 2. The minimum absolute atomic E-state index is 0.170. The molecule has 1 fully saturated rings. The third-order valence-corrected chi connectivity index (χ3v) is 3.52. The van der Waals surface area contributed by atoms with Gasteiger partial charge < -0.3 is 20.2 Å². The lowest BCUT2D eigenvalue weighted by Gasteiger charge is -2.26. The highest BCUT2D eigenvalue weighted by molar-refractivity contribution is 6.28. The molecule has 0 bridgehead atoms. The van der Waals surface area contributed by atoms with Crippen LogP contribution in [0.5, 0.6) is 0 Å². The van der Waals surface area contributed by atoms with Crippen LogP contribution in [0, 0.1) is 0 Å². The van der Waals surface area contributed by atoms with Gasteiger partial charge in [-0.1, -0.05) is 6.92 Å². The molecule has 2 unspecified atom stereocenters. The maximum atomic E-state index is 9.94. The van der Waals surface area contributed by atoms with Gasteiger partial charge in [-0.25, -0.2) is 0 Å². The third-order valence-electron chi connectivity index (χ3n) is 3.35. The monoisotopic (exact) mass is 314 g/mol. The van der Waals surface area contributed by atoms with Crippen molar-refractivity contribution in [2.45, 2.75) is 31.9 Å². The summed E-state index contributed by atoms with van der Waals surface area (Å²) in [5.41, 5.74) is 0. The van der Waals surface area contributed by atoms with E-state index in [0.29, 0.717) is 24.9 Å². The molecule has 0 amide bonds. The molecule has 2 atom stereocenters. The summed E-state index contributed by atoms with van der Waals surface area (Å²) in [4.78, 5) is 16.8. The Morgan fingerprint density at radius 1 is 1.38 bits per heavy atom. The van der Waals surface area contributed by atoms with Crippen molar-refractivity contribution in [2.24, 2.45) is 0 Å². The molecule has 1 aliphatic rings. The molecule has 1 aromatic rings. The lowest BCUT2D eigenvalue weighted by Crippen LogP contribution is -2.38. The van der Waals surface area contributed by atoms with E-state index in [2.05, 4.69) is 32.1 Å². The smallest absolute Gasteiger partial charge is 0.231 e. The second kappa shape index (κ2) is 7.20. The molecule has 1 aliphatic heterocycles. The largest absolute Gasteiger partial charge is 0.391 e. The summed E-state index contributed by atoms with van der Waals surface area (Å²) >= 11 is 6.00. The fourth-order valence-electron chi connectivity index (χ4n) is 2.52. The van der Waals surface area contributed by atoms with E-state index >= 15 is 0 Å². The lowest BCUT2D eigenvalue weighted by atomic mass is 10.2. The molecule has 0 aliphatic carbocycles. The Labute approximate surface area is 130 Å². The Balaban J connectivity index is 2.20. The highest BCUT2D eigenvalue weighted by atomic mass is 35.5. The molecule has 2 N–H and O–H groups in total. The van der Waals surface area contributed by atoms with Crippen LogP contribution in [0.2, 0.25) is 5.28 Å². The number of β-amino-alcohol motifs (C(OH)–C–C–N with tert-alkyl or cyclic N) is 1. The Kier molecular flexibility index (Phi) is 5.55. The van der Waals surface area contributed by atoms with Gasteiger partial charge in [0.1, 0.15) is 0 Å². The number of aromatic nitrogens is 3. The highest BCUT2D eigenvalue weighted by Crippen LogP contribution is 2.24. The molecule has 7 nitrogen and oxygen atoms in total. The predicted octanol–water partition coefficient (Wildman–Crippen LogP) is 0.848. The molecule has 0 saturated carbocycles. The molecule has 0 radical (unpaired) electrons. The fourth-order valence-corrected chi connectivity index (χ4v) is 2.67. The van der Waals surface area contributed by atoms with E-state index in [1.54, 1.807) is 0 Å². The fraction of sp³-hybridized carbons (Fsp3) is 0.769. The van der Waals surface area contributed by atoms with Crippen LogP contribution in [0.1, 0.15) is 19.8 Å². The van der Waals surface area contributed by atoms with Crippen LogP contribution in [0.25, 0.3) is 0 Å². The zero-order valence-electron chi connectivity index (χ0n) is 12.8. The first-order valence-corrected chi connectivity index (χ1v) is 7.62. The summed E-state index contributed by atoms with van der Waals surface area (Å²) < 4.78 is 0. The van der Waals surface area contributed by atoms with Crippen LogP contribution in [-0.2, 0) is 0 Å². The van der Waals surface area contributed by atoms with Crippen LogP contribution in [0.15, 0.2) is 0 Å². The van der Waals surface area contributed by atoms with E-state index in [1.165, 1.54) is 0 Å². The molecule has 2 rings (SSSR count). The minimum atomic E-state index is -0.363. The number of aliphatic hydroxyl groups excluding tert-OH is 1. The van der Waals surface area contributed by atoms with Crippen LogP contribution in [-0.4, -0.2) is 70.8 Å². The Morgan fingerprint density at radius 3 is 2.81 bits per heavy atom. The topological polar surface area (TPSA) is 77.4 Å². The first kappa shape index (κ1) is 16.2. The van der Waals surface area contributed by atoms with Crippen LogP contribution in [0.4, 0.5) is 11.9 Å². The maximum Gasteiger partial charge on any atom is 0.231 e. The van der Waals surface area contributed by atoms with Gasteiger partial charge in [-0.15, -0.1) is 0 Å². The molecule has 2 heterocycles. The van der Waals surface area contributed by atoms with Crippen LogP contribution >= 0.6 is 11.6 Å². The molecule has 21 heavy (non-hydrogen) atoms. The Bertz CT molecular complexity index is 472. The standard InChI is InChI=1S/C13H23ClN6O/c1-4-5-15-12-16-11(14)17-13(18-12)20-8-10(21)6-9(20)7-19(2)3/h9-10,21H,4-8H2,1-3H3,(H,15,16,17,18). The molecule has 0 aromatic carbocycles. The number of nitrogens with one attached hydrogen (secondary N) is 1. The van der Waals surface area contributed by atoms with Crippen molar-refractivity contribution in [1.29, 1.82) is 0 Å². The number of nitrogens with zero attached hydrogens (tertiary/aromatic N) is 5. The summed E-state index contributed by atoms with van der Waals surface area (Å²) in [7, 11) is 4.02. The number of likely N-dealkylation sites (N-methyl/N-ethyl adjacent to an activating group) is 1. The molecule has 8 heteroatoms. The van der Waals surface area contributed by atoms with Gasteiger partial charge in [0.2, 0.25) is 17.2 Å². The van der Waals surface area contributed by atoms with Crippen molar-refractivity contribution in [3.8, 4) is 0 Å². The average molecular weight is 315 g/mol. The van der Waals surface area contributed by atoms with E-state index in [0.717, 1.165) is 19.5 Å². The van der Waals surface area contributed by atoms with Crippen molar-refractivity contribution in [3.05, 3.63) is 5.28 Å². The van der Waals surface area contributed by atoms with Crippen molar-refractivity contribution in [1.82, 2.24) is 19.9 Å². The van der Waals surface area contributed by atoms with Crippen molar-refractivity contribution >= 4 is 23.5 Å². The van der Waals surface area contributed by atoms with Gasteiger partial charge in [0, 0.05) is 25.7 Å². The van der Waals surface area contributed by atoms with Gasteiger partial charge >= 0.3 is 0 Å². The molecule has 1 aromatic heterocycles. The number of halogens is 1. The molecule has 1 saturated heterocycles. The quantitative estimate of drug-likeness (QED) is 0.806. The second-order valence-corrected chi connectivity index (χ2v) is 5.95. The van der Waals surface area contributed by atoms with E-state index in [9.17, 15) is 5.11 Å². The minimum Gasteiger partial charge on any atom is -0.391 e. The number of aliphatic hydroxyl groups is 1. The zero-order chi connectivity index (χ0) is 15.4. The number of hydrogen-bond donors (Lipinski definition) is 2. The summed E-state index contributed by atoms with van der Waals surface area (Å²) in [6.07, 6.45) is 1.32. The molecular formula is C13H23ClN6O. The Morgan fingerprint density at radius 2 is 2.14 bits per heavy atom. The van der Waals surface area contributed by atoms with E-state index in [1.807, 2.05) is 19.0 Å². The zero-order valence-corrected chi connectivity index (χ0v) is 13.5. The van der Waals surface area contributed by atoms with Gasteiger partial charge in [-0.05, 0) is 38.5 Å². The summed E-state index contributed by atoms with van der Waals surface area (Å²) in [6.45, 7) is 4.20. The van der Waals surface area contributed by atoms with Gasteiger partial charge in [-0.2, -0.15) is 15.0 Å². The van der Waals surface area contributed by atoms with E-state index < -0.39 is 0 Å². The Hall–Kier alpha value is -1.18. The summed E-state index contributed by atoms with van der Waals surface area (Å²) in [5, 5.41) is 13.2. The normalized spacial score (nSPS) is 22.1. The van der Waals surface area contributed by atoms with Crippen molar-refractivity contribution in [2.75, 3.05) is 43.9 Å². The first-order valence-electron chi connectivity index (χ1n) is 7.24. The van der Waals surface area contributed by atoms with E-state index in [-0.39, 0.29) is 17.4 Å². The predicted molar refractivity (Wildman–Crippen MR) is 83.9 cm³/mol. The maximum absolute atomic E-state index is 9.94. The third kappa shape index (κ3) is 4.39. The van der Waals surface area contributed by atoms with E-state index in [4.69, 9.17) is 11.6 Å². The second-order valence-electron chi connectivity index (χ2n) is 5.61. The first-order chi connectivity index (χ1) is 9.99. The summed E-state index contributed by atoms with van der Waals surface area (Å²) in [6, 6.07) is 0.174. The van der Waals surface area contributed by atoms with Gasteiger partial charge in [0.25, 0.3) is 0 Å². The summed E-state index contributed by atoms with van der Waals surface area (Å²) in [5.74, 6) is 1.01. The van der Waals surface area contributed by atoms with Gasteiger partial charge in [0.05, 0.1) is 6.10 Å². The van der Waals surface area contributed by atoms with Crippen molar-refractivity contribution in [3.63, 3.8) is 0 Å². The molecule has 118 valence electrons. The average Bonchev–Trinajstić information content (AvgIpc) is 2.75. The molecule has 0 spiro atoms. The van der Waals surface area contributed by atoms with Crippen LogP contribution in [0.3, 0.4) is 0 Å². The lowest BCUT2D eigenvalue weighted by molar-refractivity contribution is 0.191. The van der Waals surface area contributed by atoms with Crippen molar-refractivity contribution < 1.29 is 5.11 Å². The van der Waals surface area contributed by atoms with Gasteiger partial charge in [0.15, 0.2) is 0 Å². The number of hydrogen-bond acceptors (Lipinski definition) is 7. The highest BCUT2D eigenvalue weighted by Gasteiger charge is 2.33. The van der Waals surface area contributed by atoms with Gasteiger partial charge in [-0.3, -0.25) is 0 Å². The SMILES string of the molecule is CCCNc1nc(Cl)nc(N2CC(O)CC2CN(C)C)n1. The van der Waals surface area contributed by atoms with Crippen LogP contribution < -0.4 is 10.2 Å².